The van der Waals surface area contributed by atoms with E-state index in [1.807, 2.05) is 75.4 Å². The van der Waals surface area contributed by atoms with E-state index in [1.165, 1.54) is 0 Å². The van der Waals surface area contributed by atoms with Crippen molar-refractivity contribution in [3.8, 4) is 6.07 Å². The van der Waals surface area contributed by atoms with Gasteiger partial charge in [0.15, 0.2) is 0 Å². The molecule has 37 heavy (non-hydrogen) atoms. The van der Waals surface area contributed by atoms with Crippen LogP contribution in [0, 0.1) is 11.3 Å². The quantitative estimate of drug-likeness (QED) is 0.383. The molecule has 1 atom stereocenters. The molecule has 3 aromatic rings. The van der Waals surface area contributed by atoms with Crippen molar-refractivity contribution in [2.45, 2.75) is 51.9 Å². The highest BCUT2D eigenvalue weighted by Gasteiger charge is 2.25. The summed E-state index contributed by atoms with van der Waals surface area (Å²) >= 11 is 0. The number of esters is 1. The Morgan fingerprint density at radius 1 is 1.05 bits per heavy atom. The minimum Gasteiger partial charge on any atom is -0.456 e. The number of nitriles is 1. The number of hydrogen-bond acceptors (Lipinski definition) is 6. The first kappa shape index (κ1) is 25.9. The van der Waals surface area contributed by atoms with Crippen molar-refractivity contribution in [2.75, 3.05) is 17.2 Å². The van der Waals surface area contributed by atoms with Crippen molar-refractivity contribution in [1.29, 1.82) is 5.26 Å². The van der Waals surface area contributed by atoms with Crippen LogP contribution in [0.4, 0.5) is 11.4 Å². The lowest BCUT2D eigenvalue weighted by Crippen LogP contribution is -2.23. The fourth-order valence-electron chi connectivity index (χ4n) is 4.27. The zero-order chi connectivity index (χ0) is 26.4. The molecule has 7 nitrogen and oxygen atoms in total. The number of benzene rings is 3. The molecule has 0 aromatic heterocycles. The van der Waals surface area contributed by atoms with Crippen LogP contribution in [0.5, 0.6) is 0 Å². The third-order valence-corrected chi connectivity index (χ3v) is 5.96. The maximum Gasteiger partial charge on any atom is 0.338 e. The average Bonchev–Trinajstić information content (AvgIpc) is 3.24. The molecule has 0 spiro atoms. The monoisotopic (exact) mass is 497 g/mol. The number of amides is 1. The maximum absolute atomic E-state index is 12.4. The summed E-state index contributed by atoms with van der Waals surface area (Å²) in [5.41, 5.74) is 4.83. The van der Waals surface area contributed by atoms with Gasteiger partial charge in [-0.15, -0.1) is 0 Å². The number of nitrogens with zero attached hydrogens (tertiary/aromatic N) is 1. The Morgan fingerprint density at radius 2 is 1.78 bits per heavy atom. The van der Waals surface area contributed by atoms with Crippen LogP contribution in [0.3, 0.4) is 0 Å². The Morgan fingerprint density at radius 3 is 2.46 bits per heavy atom. The average molecular weight is 498 g/mol. The number of nitrogens with one attached hydrogen (secondary N) is 2. The molecule has 1 aliphatic carbocycles. The zero-order valence-corrected chi connectivity index (χ0v) is 21.3. The number of aryl methyl sites for hydroxylation is 1. The van der Waals surface area contributed by atoms with Crippen LogP contribution in [-0.2, 0) is 27.3 Å². The van der Waals surface area contributed by atoms with Crippen LogP contribution < -0.4 is 10.6 Å². The Bertz CT molecular complexity index is 1310. The summed E-state index contributed by atoms with van der Waals surface area (Å²) in [6.45, 7) is 5.76. The van der Waals surface area contributed by atoms with Crippen molar-refractivity contribution in [3.63, 3.8) is 0 Å². The van der Waals surface area contributed by atoms with E-state index in [2.05, 4.69) is 16.7 Å². The summed E-state index contributed by atoms with van der Waals surface area (Å²) in [5.74, 6) is -0.658. The van der Waals surface area contributed by atoms with E-state index in [0.717, 1.165) is 35.2 Å². The van der Waals surface area contributed by atoms with Crippen LogP contribution in [0.25, 0.3) is 0 Å². The molecular formula is C30H31N3O4. The van der Waals surface area contributed by atoms with Crippen molar-refractivity contribution in [1.82, 2.24) is 0 Å². The smallest absolute Gasteiger partial charge is 0.338 e. The van der Waals surface area contributed by atoms with E-state index in [4.69, 9.17) is 9.47 Å². The summed E-state index contributed by atoms with van der Waals surface area (Å²) in [6, 6.07) is 22.8. The molecule has 4 rings (SSSR count). The number of rotatable bonds is 8. The van der Waals surface area contributed by atoms with Gasteiger partial charge in [0.1, 0.15) is 18.3 Å². The van der Waals surface area contributed by atoms with Gasteiger partial charge in [0.05, 0.1) is 29.5 Å². The van der Waals surface area contributed by atoms with E-state index < -0.39 is 5.60 Å². The standard InChI is InChI=1S/C30H31N3O4/c1-30(2,3)37-29(35)21-9-12-24(13-10-21)32-26-14-11-22-16-27(23(17-31)15-25(22)26)33-28(34)19-36-18-20-7-5-4-6-8-20/h4-10,12-13,15-16,26,32H,11,14,18-19H2,1-3H3,(H,33,34). The topological polar surface area (TPSA) is 100 Å². The number of carbonyl (C=O) groups excluding carboxylic acids is 2. The van der Waals surface area contributed by atoms with Gasteiger partial charge in [0.2, 0.25) is 5.91 Å². The molecule has 1 aliphatic rings. The van der Waals surface area contributed by atoms with Crippen molar-refractivity contribution < 1.29 is 19.1 Å². The predicted octanol–water partition coefficient (Wildman–Crippen LogP) is 5.77. The lowest BCUT2D eigenvalue weighted by molar-refractivity contribution is -0.121. The highest BCUT2D eigenvalue weighted by atomic mass is 16.6. The second kappa shape index (κ2) is 11.3. The van der Waals surface area contributed by atoms with Crippen molar-refractivity contribution >= 4 is 23.3 Å². The Balaban J connectivity index is 1.38. The molecule has 7 heteroatoms. The van der Waals surface area contributed by atoms with Crippen LogP contribution in [0.15, 0.2) is 66.7 Å². The predicted molar refractivity (Wildman–Crippen MR) is 142 cm³/mol. The van der Waals surface area contributed by atoms with Crippen LogP contribution in [-0.4, -0.2) is 24.1 Å². The molecule has 0 heterocycles. The molecule has 0 bridgehead atoms. The first-order valence-corrected chi connectivity index (χ1v) is 12.3. The molecule has 1 unspecified atom stereocenters. The fraction of sp³-hybridized carbons (Fsp3) is 0.300. The largest absolute Gasteiger partial charge is 0.456 e. The molecule has 0 fully saturated rings. The number of fused-ring (bicyclic) bond motifs is 1. The summed E-state index contributed by atoms with van der Waals surface area (Å²) in [7, 11) is 0. The highest BCUT2D eigenvalue weighted by molar-refractivity contribution is 5.93. The minimum atomic E-state index is -0.548. The third-order valence-electron chi connectivity index (χ3n) is 5.96. The van der Waals surface area contributed by atoms with Crippen LogP contribution in [0.1, 0.15) is 65.8 Å². The number of anilines is 2. The second-order valence-corrected chi connectivity index (χ2v) is 10.0. The van der Waals surface area contributed by atoms with E-state index >= 15 is 0 Å². The number of hydrogen-bond donors (Lipinski definition) is 2. The molecule has 0 saturated heterocycles. The van der Waals surface area contributed by atoms with E-state index in [-0.39, 0.29) is 24.5 Å². The van der Waals surface area contributed by atoms with E-state index in [0.29, 0.717) is 23.4 Å². The zero-order valence-electron chi connectivity index (χ0n) is 21.3. The minimum absolute atomic E-state index is 0.0217. The van der Waals surface area contributed by atoms with Gasteiger partial charge in [-0.2, -0.15) is 5.26 Å². The first-order chi connectivity index (χ1) is 17.7. The van der Waals surface area contributed by atoms with Gasteiger partial charge >= 0.3 is 5.97 Å². The van der Waals surface area contributed by atoms with E-state index in [9.17, 15) is 14.9 Å². The summed E-state index contributed by atoms with van der Waals surface area (Å²) < 4.78 is 10.9. The highest BCUT2D eigenvalue weighted by Crippen LogP contribution is 2.37. The molecular weight excluding hydrogens is 466 g/mol. The molecule has 0 saturated carbocycles. The van der Waals surface area contributed by atoms with Gasteiger partial charge < -0.3 is 20.1 Å². The molecule has 0 radical (unpaired) electrons. The maximum atomic E-state index is 12.4. The summed E-state index contributed by atoms with van der Waals surface area (Å²) in [6.07, 6.45) is 1.67. The second-order valence-electron chi connectivity index (χ2n) is 10.0. The van der Waals surface area contributed by atoms with Gasteiger partial charge in [-0.1, -0.05) is 30.3 Å². The third kappa shape index (κ3) is 6.96. The van der Waals surface area contributed by atoms with Gasteiger partial charge in [-0.3, -0.25) is 4.79 Å². The Hall–Kier alpha value is -4.15. The SMILES string of the molecule is CC(C)(C)OC(=O)c1ccc(NC2CCc3cc(NC(=O)COCc4ccccc4)c(C#N)cc32)cc1. The van der Waals surface area contributed by atoms with Gasteiger partial charge in [0.25, 0.3) is 0 Å². The van der Waals surface area contributed by atoms with Crippen molar-refractivity contribution in [3.05, 3.63) is 94.5 Å². The lowest BCUT2D eigenvalue weighted by Gasteiger charge is -2.20. The number of ether oxygens (including phenoxy) is 2. The van der Waals surface area contributed by atoms with Crippen LogP contribution in [0.2, 0.25) is 0 Å². The summed E-state index contributed by atoms with van der Waals surface area (Å²) in [5, 5.41) is 16.1. The molecule has 1 amide bonds. The van der Waals surface area contributed by atoms with Gasteiger partial charge in [0, 0.05) is 5.69 Å². The van der Waals surface area contributed by atoms with E-state index in [1.54, 1.807) is 12.1 Å². The molecule has 2 N–H and O–H groups in total. The number of carbonyl (C=O) groups is 2. The molecule has 190 valence electrons. The van der Waals surface area contributed by atoms with Gasteiger partial charge in [-0.25, -0.2) is 4.79 Å². The Labute approximate surface area is 217 Å². The first-order valence-electron chi connectivity index (χ1n) is 12.3. The summed E-state index contributed by atoms with van der Waals surface area (Å²) in [4.78, 5) is 24.7. The lowest BCUT2D eigenvalue weighted by atomic mass is 10.0. The molecule has 0 aliphatic heterocycles. The van der Waals surface area contributed by atoms with Crippen LogP contribution >= 0.6 is 0 Å². The van der Waals surface area contributed by atoms with Crippen molar-refractivity contribution in [2.24, 2.45) is 0 Å². The molecule has 3 aromatic carbocycles. The normalized spacial score (nSPS) is 14.4. The Kier molecular flexibility index (Phi) is 7.90. The van der Waals surface area contributed by atoms with Gasteiger partial charge in [-0.05, 0) is 86.7 Å². The fourth-order valence-corrected chi connectivity index (χ4v) is 4.27.